The normalized spacial score (nSPS) is 11.4. The SMILES string of the molecule is CCCCOc1nc(NCCOCCOCCN)nc(NCc2ccccc2C(F)(F)F)n1. The highest BCUT2D eigenvalue weighted by Crippen LogP contribution is 2.32. The number of benzene rings is 1. The van der Waals surface area contributed by atoms with Gasteiger partial charge in [-0.25, -0.2) is 0 Å². The van der Waals surface area contributed by atoms with Crippen molar-refractivity contribution in [2.45, 2.75) is 32.5 Å². The first-order valence-electron chi connectivity index (χ1n) is 10.8. The highest BCUT2D eigenvalue weighted by molar-refractivity contribution is 5.38. The standard InChI is InChI=1S/C21H31F3N6O3/c1-2-3-10-33-20-29-18(26-9-12-32-14-13-31-11-8-25)28-19(30-20)27-15-16-6-4-5-7-17(16)21(22,23)24/h4-7H,2-3,8-15,25H2,1H3,(H2,26,27,28,29,30). The zero-order valence-electron chi connectivity index (χ0n) is 18.7. The summed E-state index contributed by atoms with van der Waals surface area (Å²) < 4.78 is 55.9. The quantitative estimate of drug-likeness (QED) is 0.317. The molecule has 0 saturated heterocycles. The van der Waals surface area contributed by atoms with Gasteiger partial charge in [0, 0.05) is 19.6 Å². The van der Waals surface area contributed by atoms with Crippen molar-refractivity contribution >= 4 is 11.9 Å². The number of hydrogen-bond acceptors (Lipinski definition) is 9. The van der Waals surface area contributed by atoms with Crippen molar-refractivity contribution in [2.24, 2.45) is 5.73 Å². The molecule has 0 unspecified atom stereocenters. The molecule has 12 heteroatoms. The molecule has 9 nitrogen and oxygen atoms in total. The van der Waals surface area contributed by atoms with E-state index in [0.29, 0.717) is 46.1 Å². The Morgan fingerprint density at radius 3 is 2.30 bits per heavy atom. The lowest BCUT2D eigenvalue weighted by Gasteiger charge is -2.14. The van der Waals surface area contributed by atoms with E-state index in [2.05, 4.69) is 25.6 Å². The lowest BCUT2D eigenvalue weighted by Crippen LogP contribution is -2.17. The first-order valence-corrected chi connectivity index (χ1v) is 10.8. The number of anilines is 2. The van der Waals surface area contributed by atoms with E-state index in [0.717, 1.165) is 18.9 Å². The van der Waals surface area contributed by atoms with Gasteiger partial charge in [-0.2, -0.15) is 28.1 Å². The van der Waals surface area contributed by atoms with Crippen LogP contribution in [0, 0.1) is 0 Å². The monoisotopic (exact) mass is 472 g/mol. The number of rotatable bonds is 16. The molecule has 0 atom stereocenters. The minimum atomic E-state index is -4.45. The van der Waals surface area contributed by atoms with Gasteiger partial charge in [0.15, 0.2) is 0 Å². The average molecular weight is 473 g/mol. The lowest BCUT2D eigenvalue weighted by molar-refractivity contribution is -0.138. The Labute approximate surface area is 191 Å². The van der Waals surface area contributed by atoms with E-state index in [4.69, 9.17) is 19.9 Å². The second kappa shape index (κ2) is 14.4. The van der Waals surface area contributed by atoms with E-state index in [-0.39, 0.29) is 30.0 Å². The maximum Gasteiger partial charge on any atom is 0.416 e. The Bertz CT molecular complexity index is 826. The molecule has 0 amide bonds. The van der Waals surface area contributed by atoms with Gasteiger partial charge in [-0.15, -0.1) is 0 Å². The van der Waals surface area contributed by atoms with Crippen LogP contribution in [-0.4, -0.2) is 61.1 Å². The van der Waals surface area contributed by atoms with Crippen molar-refractivity contribution in [1.29, 1.82) is 0 Å². The number of nitrogens with two attached hydrogens (primary N) is 1. The molecular weight excluding hydrogens is 441 g/mol. The molecule has 184 valence electrons. The second-order valence-corrected chi connectivity index (χ2v) is 6.92. The fraction of sp³-hybridized carbons (Fsp3) is 0.571. The Morgan fingerprint density at radius 1 is 0.909 bits per heavy atom. The fourth-order valence-corrected chi connectivity index (χ4v) is 2.65. The molecule has 0 aliphatic rings. The number of nitrogens with one attached hydrogen (secondary N) is 2. The summed E-state index contributed by atoms with van der Waals surface area (Å²) in [5, 5.41) is 5.84. The van der Waals surface area contributed by atoms with E-state index >= 15 is 0 Å². The minimum Gasteiger partial charge on any atom is -0.463 e. The summed E-state index contributed by atoms with van der Waals surface area (Å²) in [5.41, 5.74) is 4.71. The van der Waals surface area contributed by atoms with Crippen molar-refractivity contribution in [1.82, 2.24) is 15.0 Å². The average Bonchev–Trinajstić information content (AvgIpc) is 2.79. The van der Waals surface area contributed by atoms with Crippen LogP contribution in [0.3, 0.4) is 0 Å². The molecule has 0 spiro atoms. The molecule has 2 rings (SSSR count). The summed E-state index contributed by atoms with van der Waals surface area (Å²) in [6.07, 6.45) is -2.70. The third-order valence-corrected chi connectivity index (χ3v) is 4.27. The van der Waals surface area contributed by atoms with Crippen molar-refractivity contribution in [3.8, 4) is 6.01 Å². The van der Waals surface area contributed by atoms with E-state index in [1.54, 1.807) is 6.07 Å². The van der Waals surface area contributed by atoms with Crippen LogP contribution in [-0.2, 0) is 22.2 Å². The van der Waals surface area contributed by atoms with Crippen LogP contribution in [0.5, 0.6) is 6.01 Å². The molecule has 0 radical (unpaired) electrons. The van der Waals surface area contributed by atoms with Gasteiger partial charge in [-0.3, -0.25) is 0 Å². The Hall–Kier alpha value is -2.70. The van der Waals surface area contributed by atoms with Gasteiger partial charge < -0.3 is 30.6 Å². The van der Waals surface area contributed by atoms with E-state index in [1.807, 2.05) is 6.92 Å². The maximum atomic E-state index is 13.2. The van der Waals surface area contributed by atoms with Crippen molar-refractivity contribution in [2.75, 3.05) is 56.8 Å². The summed E-state index contributed by atoms with van der Waals surface area (Å²) in [6, 6.07) is 5.43. The molecule has 33 heavy (non-hydrogen) atoms. The molecule has 0 aliphatic heterocycles. The van der Waals surface area contributed by atoms with Crippen LogP contribution in [0.4, 0.5) is 25.1 Å². The van der Waals surface area contributed by atoms with Crippen molar-refractivity contribution < 1.29 is 27.4 Å². The number of alkyl halides is 3. The Kier molecular flexibility index (Phi) is 11.6. The smallest absolute Gasteiger partial charge is 0.416 e. The molecule has 1 aromatic heterocycles. The molecular formula is C21H31F3N6O3. The highest BCUT2D eigenvalue weighted by Gasteiger charge is 2.32. The van der Waals surface area contributed by atoms with Crippen LogP contribution in [0.15, 0.2) is 24.3 Å². The molecule has 1 heterocycles. The Balaban J connectivity index is 1.98. The first-order chi connectivity index (χ1) is 15.9. The van der Waals surface area contributed by atoms with E-state index in [1.165, 1.54) is 12.1 Å². The highest BCUT2D eigenvalue weighted by atomic mass is 19.4. The van der Waals surface area contributed by atoms with Gasteiger partial charge in [0.05, 0.1) is 38.6 Å². The molecule has 4 N–H and O–H groups in total. The first kappa shape index (κ1) is 26.6. The largest absolute Gasteiger partial charge is 0.463 e. The van der Waals surface area contributed by atoms with Crippen LogP contribution < -0.4 is 21.1 Å². The second-order valence-electron chi connectivity index (χ2n) is 6.92. The third kappa shape index (κ3) is 10.2. The maximum absolute atomic E-state index is 13.2. The predicted octanol–water partition coefficient (Wildman–Crippen LogP) is 3.09. The molecule has 0 fully saturated rings. The number of hydrogen-bond donors (Lipinski definition) is 3. The topological polar surface area (TPSA) is 116 Å². The summed E-state index contributed by atoms with van der Waals surface area (Å²) in [7, 11) is 0. The number of unbranched alkanes of at least 4 members (excludes halogenated alkanes) is 1. The van der Waals surface area contributed by atoms with Gasteiger partial charge in [0.25, 0.3) is 0 Å². The molecule has 2 aromatic rings. The predicted molar refractivity (Wildman–Crippen MR) is 118 cm³/mol. The fourth-order valence-electron chi connectivity index (χ4n) is 2.65. The summed E-state index contributed by atoms with van der Waals surface area (Å²) >= 11 is 0. The van der Waals surface area contributed by atoms with Crippen molar-refractivity contribution in [3.05, 3.63) is 35.4 Å². The Morgan fingerprint density at radius 2 is 1.61 bits per heavy atom. The zero-order valence-corrected chi connectivity index (χ0v) is 18.7. The number of halogens is 3. The molecule has 0 saturated carbocycles. The van der Waals surface area contributed by atoms with Crippen LogP contribution >= 0.6 is 0 Å². The number of nitrogens with zero attached hydrogens (tertiary/aromatic N) is 3. The number of aromatic nitrogens is 3. The van der Waals surface area contributed by atoms with Gasteiger partial charge >= 0.3 is 12.2 Å². The molecule has 0 bridgehead atoms. The van der Waals surface area contributed by atoms with Crippen LogP contribution in [0.1, 0.15) is 30.9 Å². The van der Waals surface area contributed by atoms with Crippen LogP contribution in [0.25, 0.3) is 0 Å². The lowest BCUT2D eigenvalue weighted by atomic mass is 10.1. The summed E-state index contributed by atoms with van der Waals surface area (Å²) in [6.45, 7) is 4.94. The zero-order chi connectivity index (χ0) is 23.9. The van der Waals surface area contributed by atoms with Crippen molar-refractivity contribution in [3.63, 3.8) is 0 Å². The van der Waals surface area contributed by atoms with Gasteiger partial charge in [0.2, 0.25) is 11.9 Å². The van der Waals surface area contributed by atoms with Gasteiger partial charge in [0.1, 0.15) is 0 Å². The molecule has 1 aromatic carbocycles. The van der Waals surface area contributed by atoms with E-state index in [9.17, 15) is 13.2 Å². The summed E-state index contributed by atoms with van der Waals surface area (Å²) in [5.74, 6) is 0.332. The summed E-state index contributed by atoms with van der Waals surface area (Å²) in [4.78, 5) is 12.6. The van der Waals surface area contributed by atoms with Gasteiger partial charge in [-0.05, 0) is 18.1 Å². The third-order valence-electron chi connectivity index (χ3n) is 4.27. The van der Waals surface area contributed by atoms with Gasteiger partial charge in [-0.1, -0.05) is 31.5 Å². The van der Waals surface area contributed by atoms with Crippen LogP contribution in [0.2, 0.25) is 0 Å². The van der Waals surface area contributed by atoms with E-state index < -0.39 is 11.7 Å². The number of ether oxygens (including phenoxy) is 3. The molecule has 0 aliphatic carbocycles. The minimum absolute atomic E-state index is 0.0821.